The van der Waals surface area contributed by atoms with Gasteiger partial charge in [0.1, 0.15) is 11.6 Å². The van der Waals surface area contributed by atoms with Gasteiger partial charge in [-0.15, -0.1) is 0 Å². The van der Waals surface area contributed by atoms with Crippen molar-refractivity contribution in [3.63, 3.8) is 0 Å². The van der Waals surface area contributed by atoms with Gasteiger partial charge in [-0.2, -0.15) is 0 Å². The molecular weight excluding hydrogens is 398 g/mol. The Morgan fingerprint density at radius 3 is 2.16 bits per heavy atom. The number of imidazole rings is 1. The molecule has 0 aliphatic rings. The third kappa shape index (κ3) is 5.11. The highest BCUT2D eigenvalue weighted by Gasteiger charge is 2.14. The molecule has 2 N–H and O–H groups in total. The Labute approximate surface area is 180 Å². The quantitative estimate of drug-likeness (QED) is 0.548. The molecule has 31 heavy (non-hydrogen) atoms. The fourth-order valence-corrected chi connectivity index (χ4v) is 3.31. The van der Waals surface area contributed by atoms with Gasteiger partial charge in [-0.3, -0.25) is 18.7 Å². The summed E-state index contributed by atoms with van der Waals surface area (Å²) in [5.41, 5.74) is 1.77. The first-order valence-corrected chi connectivity index (χ1v) is 10.4. The normalized spacial score (nSPS) is 10.8. The molecule has 0 atom stereocenters. The van der Waals surface area contributed by atoms with Gasteiger partial charge in [-0.25, -0.2) is 9.78 Å². The molecule has 0 unspecified atom stereocenters. The lowest BCUT2D eigenvalue weighted by Crippen LogP contribution is -2.23. The Morgan fingerprint density at radius 1 is 0.903 bits per heavy atom. The number of carbonyl (C=O) groups excluding carboxylic acids is 2. The van der Waals surface area contributed by atoms with Crippen LogP contribution in [0.1, 0.15) is 33.6 Å². The molecule has 0 fully saturated rings. The second-order valence-electron chi connectivity index (χ2n) is 6.86. The van der Waals surface area contributed by atoms with E-state index < -0.39 is 0 Å². The van der Waals surface area contributed by atoms with E-state index in [2.05, 4.69) is 15.6 Å². The maximum atomic E-state index is 12.4. The number of anilines is 2. The topological polar surface area (TPSA) is 107 Å². The number of nitrogens with zero attached hydrogens (tertiary/aromatic N) is 3. The van der Waals surface area contributed by atoms with Crippen LogP contribution in [0.15, 0.2) is 41.2 Å². The lowest BCUT2D eigenvalue weighted by atomic mass is 10.2. The minimum Gasteiger partial charge on any atom is -0.494 e. The van der Waals surface area contributed by atoms with Gasteiger partial charge < -0.3 is 15.4 Å². The zero-order valence-corrected chi connectivity index (χ0v) is 18.0. The number of carbonyl (C=O) groups is 2. The number of aryl methyl sites for hydroxylation is 2. The third-order valence-electron chi connectivity index (χ3n) is 4.79. The summed E-state index contributed by atoms with van der Waals surface area (Å²) in [5, 5.41) is 5.46. The average molecular weight is 425 g/mol. The Balaban J connectivity index is 1.58. The molecule has 2 aromatic heterocycles. The molecule has 2 heterocycles. The summed E-state index contributed by atoms with van der Waals surface area (Å²) in [6, 6.07) is 10.5. The first kappa shape index (κ1) is 22.1. The first-order valence-electron chi connectivity index (χ1n) is 10.4. The van der Waals surface area contributed by atoms with Crippen LogP contribution in [-0.4, -0.2) is 32.5 Å². The van der Waals surface area contributed by atoms with E-state index in [1.54, 1.807) is 45.5 Å². The molecule has 3 aromatic rings. The second kappa shape index (κ2) is 9.92. The van der Waals surface area contributed by atoms with Gasteiger partial charge in [0.05, 0.1) is 12.1 Å². The van der Waals surface area contributed by atoms with Gasteiger partial charge >= 0.3 is 5.69 Å². The van der Waals surface area contributed by atoms with Crippen molar-refractivity contribution in [3.8, 4) is 5.75 Å². The summed E-state index contributed by atoms with van der Waals surface area (Å²) >= 11 is 0. The van der Waals surface area contributed by atoms with Crippen LogP contribution in [-0.2, 0) is 22.7 Å². The molecule has 164 valence electrons. The molecule has 0 saturated heterocycles. The highest BCUT2D eigenvalue weighted by molar-refractivity contribution is 5.96. The number of amides is 2. The van der Waals surface area contributed by atoms with Crippen molar-refractivity contribution in [2.45, 2.75) is 46.7 Å². The number of nitrogens with one attached hydrogen (secondary N) is 2. The lowest BCUT2D eigenvalue weighted by Gasteiger charge is -2.08. The molecule has 0 bridgehead atoms. The van der Waals surface area contributed by atoms with Crippen molar-refractivity contribution < 1.29 is 14.3 Å². The zero-order chi connectivity index (χ0) is 22.4. The van der Waals surface area contributed by atoms with Crippen molar-refractivity contribution in [3.05, 3.63) is 46.9 Å². The number of benzene rings is 1. The summed E-state index contributed by atoms with van der Waals surface area (Å²) in [7, 11) is 0. The van der Waals surface area contributed by atoms with Gasteiger partial charge in [0.2, 0.25) is 11.8 Å². The van der Waals surface area contributed by atoms with Crippen LogP contribution in [0.5, 0.6) is 5.75 Å². The minimum absolute atomic E-state index is 0.0130. The molecule has 0 spiro atoms. The Kier molecular flexibility index (Phi) is 7.07. The molecule has 9 heteroatoms. The molecule has 9 nitrogen and oxygen atoms in total. The van der Waals surface area contributed by atoms with Gasteiger partial charge in [0.25, 0.3) is 0 Å². The van der Waals surface area contributed by atoms with E-state index in [1.165, 1.54) is 0 Å². The molecular formula is C22H27N5O4. The molecule has 0 saturated carbocycles. The highest BCUT2D eigenvalue weighted by atomic mass is 16.5. The largest absolute Gasteiger partial charge is 0.494 e. The van der Waals surface area contributed by atoms with E-state index in [0.717, 1.165) is 11.3 Å². The predicted octanol–water partition coefficient (Wildman–Crippen LogP) is 2.99. The molecule has 0 radical (unpaired) electrons. The maximum absolute atomic E-state index is 12.4. The molecule has 0 aliphatic carbocycles. The van der Waals surface area contributed by atoms with Crippen LogP contribution >= 0.6 is 0 Å². The number of hydrogen-bond acceptors (Lipinski definition) is 5. The third-order valence-corrected chi connectivity index (χ3v) is 4.79. The van der Waals surface area contributed by atoms with Gasteiger partial charge in [-0.05, 0) is 57.2 Å². The van der Waals surface area contributed by atoms with Crippen LogP contribution in [0.4, 0.5) is 11.5 Å². The molecule has 1 aromatic carbocycles. The van der Waals surface area contributed by atoms with Gasteiger partial charge in [-0.1, -0.05) is 0 Å². The monoisotopic (exact) mass is 425 g/mol. The summed E-state index contributed by atoms with van der Waals surface area (Å²) in [6.45, 7) is 7.27. The number of pyridine rings is 1. The van der Waals surface area contributed by atoms with E-state index in [-0.39, 0.29) is 30.3 Å². The van der Waals surface area contributed by atoms with E-state index in [0.29, 0.717) is 36.8 Å². The average Bonchev–Trinajstić information content (AvgIpc) is 3.03. The standard InChI is InChI=1S/C22H27N5O4/c1-4-26-17-11-12-18(25-21(17)27(5-2)22(26)30)24-20(29)14-13-19(28)23-15-7-9-16(10-8-15)31-6-3/h7-12H,4-6,13-14H2,1-3H3,(H,23,28)(H,24,25,29). The predicted molar refractivity (Wildman–Crippen MR) is 119 cm³/mol. The van der Waals surface area contributed by atoms with Crippen LogP contribution in [0.2, 0.25) is 0 Å². The van der Waals surface area contributed by atoms with Gasteiger partial charge in [0.15, 0.2) is 5.65 Å². The van der Waals surface area contributed by atoms with E-state index in [4.69, 9.17) is 4.74 Å². The summed E-state index contributed by atoms with van der Waals surface area (Å²) in [4.78, 5) is 41.3. The highest BCUT2D eigenvalue weighted by Crippen LogP contribution is 2.17. The fraction of sp³-hybridized carbons (Fsp3) is 0.364. The van der Waals surface area contributed by atoms with Crippen LogP contribution in [0.3, 0.4) is 0 Å². The first-order chi connectivity index (χ1) is 15.0. The van der Waals surface area contributed by atoms with E-state index in [9.17, 15) is 14.4 Å². The van der Waals surface area contributed by atoms with Crippen LogP contribution in [0, 0.1) is 0 Å². The Bertz CT molecular complexity index is 1130. The zero-order valence-electron chi connectivity index (χ0n) is 18.0. The van der Waals surface area contributed by atoms with Crippen molar-refractivity contribution in [2.24, 2.45) is 0 Å². The summed E-state index contributed by atoms with van der Waals surface area (Å²) in [5.74, 6) is 0.489. The van der Waals surface area contributed by atoms with Crippen molar-refractivity contribution in [1.29, 1.82) is 0 Å². The molecule has 3 rings (SSSR count). The second-order valence-corrected chi connectivity index (χ2v) is 6.86. The van der Waals surface area contributed by atoms with E-state index >= 15 is 0 Å². The van der Waals surface area contributed by atoms with Crippen LogP contribution in [0.25, 0.3) is 11.2 Å². The maximum Gasteiger partial charge on any atom is 0.330 e. The number of ether oxygens (including phenoxy) is 1. The number of rotatable bonds is 9. The SMILES string of the molecule is CCOc1ccc(NC(=O)CCC(=O)Nc2ccc3c(n2)n(CC)c(=O)n3CC)cc1. The van der Waals surface area contributed by atoms with Crippen LogP contribution < -0.4 is 21.1 Å². The van der Waals surface area contributed by atoms with Crippen molar-refractivity contribution >= 4 is 34.5 Å². The van der Waals surface area contributed by atoms with E-state index in [1.807, 2.05) is 20.8 Å². The van der Waals surface area contributed by atoms with Gasteiger partial charge in [0, 0.05) is 31.6 Å². The van der Waals surface area contributed by atoms with Crippen molar-refractivity contribution in [2.75, 3.05) is 17.2 Å². The summed E-state index contributed by atoms with van der Waals surface area (Å²) in [6.07, 6.45) is 0.0479. The number of aromatic nitrogens is 3. The Hall–Kier alpha value is -3.62. The summed E-state index contributed by atoms with van der Waals surface area (Å²) < 4.78 is 8.57. The molecule has 2 amide bonds. The number of fused-ring (bicyclic) bond motifs is 1. The minimum atomic E-state index is -0.325. The van der Waals surface area contributed by atoms with Crippen molar-refractivity contribution in [1.82, 2.24) is 14.1 Å². The Morgan fingerprint density at radius 2 is 1.55 bits per heavy atom. The fourth-order valence-electron chi connectivity index (χ4n) is 3.31. The lowest BCUT2D eigenvalue weighted by molar-refractivity contribution is -0.121. The number of hydrogen-bond donors (Lipinski definition) is 2. The molecule has 0 aliphatic heterocycles. The smallest absolute Gasteiger partial charge is 0.330 e.